The molecule has 6 unspecified atom stereocenters. The van der Waals surface area contributed by atoms with E-state index in [1.165, 1.54) is 19.9 Å². The summed E-state index contributed by atoms with van der Waals surface area (Å²) in [5.41, 5.74) is -0.924. The van der Waals surface area contributed by atoms with E-state index in [0.29, 0.717) is 27.3 Å². The van der Waals surface area contributed by atoms with Gasteiger partial charge in [-0.3, -0.25) is 4.79 Å². The van der Waals surface area contributed by atoms with Crippen LogP contribution in [-0.4, -0.2) is 51.3 Å². The number of aliphatic hydroxyl groups excluding tert-OH is 2. The summed E-state index contributed by atoms with van der Waals surface area (Å²) in [6.45, 7) is 2.77. The van der Waals surface area contributed by atoms with E-state index in [1.54, 1.807) is 24.3 Å². The van der Waals surface area contributed by atoms with Gasteiger partial charge in [-0.25, -0.2) is 0 Å². The maximum Gasteiger partial charge on any atom is 0.200 e. The van der Waals surface area contributed by atoms with Crippen molar-refractivity contribution >= 4 is 23.5 Å². The second-order valence-electron chi connectivity index (χ2n) is 7.73. The number of halogens is 1. The molecule has 0 radical (unpaired) electrons. The molecule has 0 bridgehead atoms. The van der Waals surface area contributed by atoms with Crippen LogP contribution in [-0.2, 0) is 26.3 Å². The summed E-state index contributed by atoms with van der Waals surface area (Å²) in [6, 6.07) is 5.47. The van der Waals surface area contributed by atoms with Gasteiger partial charge in [0.1, 0.15) is 11.7 Å². The second kappa shape index (κ2) is 6.74. The third-order valence-corrected chi connectivity index (χ3v) is 6.25. The van der Waals surface area contributed by atoms with Gasteiger partial charge in [0, 0.05) is 16.1 Å². The van der Waals surface area contributed by atoms with Crippen LogP contribution in [0.25, 0.3) is 6.08 Å². The lowest BCUT2D eigenvalue weighted by Gasteiger charge is -2.44. The lowest BCUT2D eigenvalue weighted by Crippen LogP contribution is -2.63. The lowest BCUT2D eigenvalue weighted by molar-refractivity contribution is -0.297. The Bertz CT molecular complexity index is 994. The number of ketones is 1. The summed E-state index contributed by atoms with van der Waals surface area (Å²) in [7, 11) is 0. The number of hydrogen-bond acceptors (Lipinski definition) is 7. The van der Waals surface area contributed by atoms with Crippen molar-refractivity contribution in [3.05, 3.63) is 51.6 Å². The normalized spacial score (nSPS) is 37.8. The van der Waals surface area contributed by atoms with E-state index in [-0.39, 0.29) is 6.42 Å². The number of aliphatic hydroxyl groups is 3. The Labute approximate surface area is 172 Å². The summed E-state index contributed by atoms with van der Waals surface area (Å²) in [4.78, 5) is 12.4. The van der Waals surface area contributed by atoms with Crippen molar-refractivity contribution in [2.75, 3.05) is 0 Å². The van der Waals surface area contributed by atoms with Crippen LogP contribution < -0.4 is 0 Å². The molecule has 29 heavy (non-hydrogen) atoms. The molecular weight excluding hydrogens is 398 g/mol. The molecule has 1 heterocycles. The number of fused-ring (bicyclic) bond motifs is 3. The van der Waals surface area contributed by atoms with E-state index in [1.807, 2.05) is 0 Å². The highest BCUT2D eigenvalue weighted by molar-refractivity contribution is 6.32. The zero-order chi connectivity index (χ0) is 21.1. The number of benzene rings is 1. The quantitative estimate of drug-likeness (QED) is 0.679. The first-order valence-corrected chi connectivity index (χ1v) is 9.57. The topological polar surface area (TPSA) is 120 Å². The summed E-state index contributed by atoms with van der Waals surface area (Å²) >= 11 is 6.40. The van der Waals surface area contributed by atoms with Gasteiger partial charge in [0.15, 0.2) is 23.8 Å². The minimum Gasteiger partial charge on any atom is -0.385 e. The molecule has 7 nitrogen and oxygen atoms in total. The fourth-order valence-corrected chi connectivity index (χ4v) is 4.38. The summed E-state index contributed by atoms with van der Waals surface area (Å²) in [6.07, 6.45) is -0.135. The van der Waals surface area contributed by atoms with Crippen LogP contribution in [0.2, 0.25) is 5.02 Å². The molecule has 1 saturated heterocycles. The number of hydrogen-bond donors (Lipinski definition) is 3. The number of nitriles is 1. The van der Waals surface area contributed by atoms with Gasteiger partial charge in [-0.05, 0) is 37.1 Å². The maximum absolute atomic E-state index is 12.4. The monoisotopic (exact) mass is 417 g/mol. The fraction of sp³-hybridized carbons (Fsp3) is 0.429. The molecule has 2 aliphatic carbocycles. The zero-order valence-corrected chi connectivity index (χ0v) is 16.6. The van der Waals surface area contributed by atoms with Crippen molar-refractivity contribution in [3.63, 3.8) is 0 Å². The van der Waals surface area contributed by atoms with E-state index in [2.05, 4.69) is 6.07 Å². The molecule has 1 aromatic rings. The first-order chi connectivity index (χ1) is 13.6. The van der Waals surface area contributed by atoms with Gasteiger partial charge >= 0.3 is 0 Å². The van der Waals surface area contributed by atoms with Gasteiger partial charge in [0.2, 0.25) is 0 Å². The molecule has 0 amide bonds. The van der Waals surface area contributed by atoms with E-state index in [0.717, 1.165) is 0 Å². The third kappa shape index (κ3) is 2.80. The molecule has 4 rings (SSSR count). The molecule has 1 aliphatic heterocycles. The van der Waals surface area contributed by atoms with Crippen LogP contribution >= 0.6 is 11.6 Å². The van der Waals surface area contributed by atoms with Crippen LogP contribution in [0.3, 0.4) is 0 Å². The van der Waals surface area contributed by atoms with Crippen LogP contribution in [0.5, 0.6) is 0 Å². The Balaban J connectivity index is 1.78. The largest absolute Gasteiger partial charge is 0.385 e. The van der Waals surface area contributed by atoms with Crippen molar-refractivity contribution in [2.45, 2.75) is 56.1 Å². The summed E-state index contributed by atoms with van der Waals surface area (Å²) in [5.74, 6) is -0.821. The Morgan fingerprint density at radius 2 is 2.10 bits per heavy atom. The van der Waals surface area contributed by atoms with Crippen LogP contribution in [0.15, 0.2) is 29.9 Å². The standard InChI is InChI=1S/C21H20ClNO6/c1-10-20(2,27)18(26)17(25)19(28-10)29-21-12(3-4-16(21)24)9-13-14(21)7-11(5-6-23)8-15(13)22/h3-4,7-10,16-17,19,24-25,27H,5H2,1-2H3. The second-order valence-corrected chi connectivity index (χ2v) is 8.14. The predicted molar refractivity (Wildman–Crippen MR) is 103 cm³/mol. The number of rotatable bonds is 3. The number of carbonyl (C=O) groups excluding carboxylic acids is 1. The molecular formula is C21H20ClNO6. The molecule has 3 aliphatic rings. The van der Waals surface area contributed by atoms with Crippen molar-refractivity contribution in [1.29, 1.82) is 5.26 Å². The first kappa shape index (κ1) is 20.2. The molecule has 3 N–H and O–H groups in total. The van der Waals surface area contributed by atoms with Crippen LogP contribution in [0.4, 0.5) is 0 Å². The Morgan fingerprint density at radius 3 is 2.79 bits per heavy atom. The van der Waals surface area contributed by atoms with E-state index in [4.69, 9.17) is 26.3 Å². The number of Topliss-reactive ketones (excluding diaryl/α,β-unsaturated/α-hetero) is 1. The van der Waals surface area contributed by atoms with Gasteiger partial charge in [0.05, 0.1) is 18.6 Å². The molecule has 0 spiro atoms. The van der Waals surface area contributed by atoms with Gasteiger partial charge in [-0.15, -0.1) is 0 Å². The van der Waals surface area contributed by atoms with Crippen molar-refractivity contribution in [3.8, 4) is 6.07 Å². The Morgan fingerprint density at radius 1 is 1.38 bits per heavy atom. The Kier molecular flexibility index (Phi) is 4.70. The molecule has 1 fully saturated rings. The zero-order valence-electron chi connectivity index (χ0n) is 15.8. The average Bonchev–Trinajstić information content (AvgIpc) is 3.14. The SMILES string of the molecule is CC1OC(OC23C(=Cc4c(Cl)cc(CC#N)cc42)C=CC3O)C(O)C(=O)C1(C)O. The van der Waals surface area contributed by atoms with Crippen molar-refractivity contribution in [2.24, 2.45) is 0 Å². The summed E-state index contributed by atoms with van der Waals surface area (Å²) < 4.78 is 11.7. The molecule has 1 aromatic carbocycles. The third-order valence-electron chi connectivity index (χ3n) is 5.93. The lowest BCUT2D eigenvalue weighted by atomic mass is 9.86. The highest BCUT2D eigenvalue weighted by Gasteiger charge is 2.57. The van der Waals surface area contributed by atoms with E-state index in [9.17, 15) is 20.1 Å². The molecule has 6 atom stereocenters. The van der Waals surface area contributed by atoms with Gasteiger partial charge in [-0.2, -0.15) is 5.26 Å². The predicted octanol–water partition coefficient (Wildman–Crippen LogP) is 1.37. The molecule has 8 heteroatoms. The smallest absolute Gasteiger partial charge is 0.200 e. The maximum atomic E-state index is 12.4. The minimum absolute atomic E-state index is 0.114. The fourth-order valence-electron chi connectivity index (χ4n) is 4.08. The first-order valence-electron chi connectivity index (χ1n) is 9.19. The van der Waals surface area contributed by atoms with E-state index < -0.39 is 41.6 Å². The minimum atomic E-state index is -1.86. The Hall–Kier alpha value is -2.05. The van der Waals surface area contributed by atoms with Gasteiger partial charge < -0.3 is 24.8 Å². The molecule has 152 valence electrons. The highest BCUT2D eigenvalue weighted by Crippen LogP contribution is 2.53. The van der Waals surface area contributed by atoms with E-state index >= 15 is 0 Å². The van der Waals surface area contributed by atoms with Gasteiger partial charge in [0.25, 0.3) is 0 Å². The molecule has 0 saturated carbocycles. The number of ether oxygens (including phenoxy) is 2. The van der Waals surface area contributed by atoms with Crippen molar-refractivity contribution < 1.29 is 29.6 Å². The summed E-state index contributed by atoms with van der Waals surface area (Å²) in [5, 5.41) is 41.0. The molecule has 0 aromatic heterocycles. The highest BCUT2D eigenvalue weighted by atomic mass is 35.5. The van der Waals surface area contributed by atoms with Crippen LogP contribution in [0.1, 0.15) is 30.5 Å². The average molecular weight is 418 g/mol. The number of carbonyl (C=O) groups is 1. The number of nitrogens with zero attached hydrogens (tertiary/aromatic N) is 1. The van der Waals surface area contributed by atoms with Crippen LogP contribution in [0, 0.1) is 11.3 Å². The van der Waals surface area contributed by atoms with Gasteiger partial charge in [-0.1, -0.05) is 29.8 Å². The van der Waals surface area contributed by atoms with Crippen molar-refractivity contribution in [1.82, 2.24) is 0 Å².